The first-order valence-electron chi connectivity index (χ1n) is 10.5. The minimum Gasteiger partial charge on any atom is -0.497 e. The molecule has 1 saturated heterocycles. The van der Waals surface area contributed by atoms with Crippen molar-refractivity contribution in [2.24, 2.45) is 0 Å². The van der Waals surface area contributed by atoms with Gasteiger partial charge in [-0.15, -0.1) is 10.2 Å². The SMILES string of the molecule is COc1cc(OC)cc(C(=O)N2CCN(CC(=O)Nc3nnc(-c4ccccc4)s3)CC2)c1. The van der Waals surface area contributed by atoms with E-state index in [0.29, 0.717) is 48.4 Å². The molecular weight excluding hydrogens is 442 g/mol. The van der Waals surface area contributed by atoms with Crippen LogP contribution in [0, 0.1) is 0 Å². The Labute approximate surface area is 195 Å². The molecule has 0 saturated carbocycles. The van der Waals surface area contributed by atoms with E-state index in [2.05, 4.69) is 15.5 Å². The zero-order valence-corrected chi connectivity index (χ0v) is 19.3. The molecule has 0 radical (unpaired) electrons. The Balaban J connectivity index is 1.28. The third-order valence-corrected chi connectivity index (χ3v) is 6.20. The lowest BCUT2D eigenvalue weighted by Gasteiger charge is -2.34. The van der Waals surface area contributed by atoms with Crippen LogP contribution in [0.2, 0.25) is 0 Å². The van der Waals surface area contributed by atoms with E-state index in [1.165, 1.54) is 11.3 Å². The second-order valence-corrected chi connectivity index (χ2v) is 8.47. The topological polar surface area (TPSA) is 96.9 Å². The summed E-state index contributed by atoms with van der Waals surface area (Å²) >= 11 is 1.34. The third-order valence-electron chi connectivity index (χ3n) is 5.32. The van der Waals surface area contributed by atoms with Crippen molar-refractivity contribution in [2.75, 3.05) is 52.3 Å². The van der Waals surface area contributed by atoms with E-state index >= 15 is 0 Å². The largest absolute Gasteiger partial charge is 0.497 e. The summed E-state index contributed by atoms with van der Waals surface area (Å²) in [7, 11) is 3.11. The van der Waals surface area contributed by atoms with Gasteiger partial charge >= 0.3 is 0 Å². The standard InChI is InChI=1S/C23H25N5O4S/c1-31-18-12-17(13-19(14-18)32-2)22(30)28-10-8-27(9-11-28)15-20(29)24-23-26-25-21(33-23)16-6-4-3-5-7-16/h3-7,12-14H,8-11,15H2,1-2H3,(H,24,26,29). The molecule has 1 N–H and O–H groups in total. The maximum atomic E-state index is 12.9. The average Bonchev–Trinajstić information content (AvgIpc) is 3.32. The van der Waals surface area contributed by atoms with Crippen molar-refractivity contribution in [3.8, 4) is 22.1 Å². The molecule has 0 spiro atoms. The number of anilines is 1. The monoisotopic (exact) mass is 467 g/mol. The highest BCUT2D eigenvalue weighted by Gasteiger charge is 2.24. The summed E-state index contributed by atoms with van der Waals surface area (Å²) in [6.45, 7) is 2.50. The highest BCUT2D eigenvalue weighted by Crippen LogP contribution is 2.26. The molecule has 3 aromatic rings. The molecular formula is C23H25N5O4S. The van der Waals surface area contributed by atoms with E-state index < -0.39 is 0 Å². The van der Waals surface area contributed by atoms with Crippen molar-refractivity contribution < 1.29 is 19.1 Å². The third kappa shape index (κ3) is 5.65. The minimum absolute atomic E-state index is 0.0846. The summed E-state index contributed by atoms with van der Waals surface area (Å²) < 4.78 is 10.5. The van der Waals surface area contributed by atoms with Crippen molar-refractivity contribution in [3.05, 3.63) is 54.1 Å². The number of benzene rings is 2. The van der Waals surface area contributed by atoms with Crippen LogP contribution in [0.4, 0.5) is 5.13 Å². The fourth-order valence-corrected chi connectivity index (χ4v) is 4.32. The van der Waals surface area contributed by atoms with Gasteiger partial charge in [0.25, 0.3) is 5.91 Å². The van der Waals surface area contributed by atoms with Crippen LogP contribution >= 0.6 is 11.3 Å². The Bertz CT molecular complexity index is 1090. The molecule has 33 heavy (non-hydrogen) atoms. The van der Waals surface area contributed by atoms with Gasteiger partial charge < -0.3 is 14.4 Å². The van der Waals surface area contributed by atoms with E-state index in [4.69, 9.17) is 9.47 Å². The van der Waals surface area contributed by atoms with Crippen LogP contribution < -0.4 is 14.8 Å². The number of carbonyl (C=O) groups excluding carboxylic acids is 2. The van der Waals surface area contributed by atoms with Gasteiger partial charge in [-0.1, -0.05) is 41.7 Å². The van der Waals surface area contributed by atoms with Gasteiger partial charge in [0.2, 0.25) is 11.0 Å². The molecule has 0 atom stereocenters. The van der Waals surface area contributed by atoms with Crippen molar-refractivity contribution in [3.63, 3.8) is 0 Å². The Kier molecular flexibility index (Phi) is 7.16. The molecule has 0 bridgehead atoms. The lowest BCUT2D eigenvalue weighted by atomic mass is 10.1. The summed E-state index contributed by atoms with van der Waals surface area (Å²) in [5.74, 6) is 0.905. The van der Waals surface area contributed by atoms with Crippen LogP contribution in [0.3, 0.4) is 0 Å². The smallest absolute Gasteiger partial charge is 0.254 e. The molecule has 9 nitrogen and oxygen atoms in total. The molecule has 172 valence electrons. The predicted molar refractivity (Wildman–Crippen MR) is 126 cm³/mol. The lowest BCUT2D eigenvalue weighted by Crippen LogP contribution is -2.50. The number of methoxy groups -OCH3 is 2. The van der Waals surface area contributed by atoms with Crippen LogP contribution in [-0.4, -0.2) is 78.8 Å². The van der Waals surface area contributed by atoms with Crippen LogP contribution in [0.1, 0.15) is 10.4 Å². The van der Waals surface area contributed by atoms with Crippen molar-refractivity contribution in [1.82, 2.24) is 20.0 Å². The summed E-state index contributed by atoms with van der Waals surface area (Å²) in [6, 6.07) is 14.9. The maximum Gasteiger partial charge on any atom is 0.254 e. The zero-order valence-electron chi connectivity index (χ0n) is 18.5. The highest BCUT2D eigenvalue weighted by molar-refractivity contribution is 7.18. The Hall–Kier alpha value is -3.50. The lowest BCUT2D eigenvalue weighted by molar-refractivity contribution is -0.117. The molecule has 1 aromatic heterocycles. The summed E-state index contributed by atoms with van der Waals surface area (Å²) in [4.78, 5) is 29.2. The van der Waals surface area contributed by atoms with Crippen molar-refractivity contribution in [2.45, 2.75) is 0 Å². The number of nitrogens with zero attached hydrogens (tertiary/aromatic N) is 4. The second-order valence-electron chi connectivity index (χ2n) is 7.50. The number of nitrogens with one attached hydrogen (secondary N) is 1. The average molecular weight is 468 g/mol. The molecule has 2 amide bonds. The molecule has 10 heteroatoms. The van der Waals surface area contributed by atoms with Gasteiger partial charge in [-0.2, -0.15) is 0 Å². The first-order valence-corrected chi connectivity index (χ1v) is 11.3. The van der Waals surface area contributed by atoms with Gasteiger partial charge in [0, 0.05) is 43.4 Å². The van der Waals surface area contributed by atoms with Gasteiger partial charge in [0.05, 0.1) is 20.8 Å². The zero-order chi connectivity index (χ0) is 23.2. The van der Waals surface area contributed by atoms with Gasteiger partial charge in [-0.3, -0.25) is 19.8 Å². The van der Waals surface area contributed by atoms with Crippen molar-refractivity contribution in [1.29, 1.82) is 0 Å². The van der Waals surface area contributed by atoms with Gasteiger partial charge in [0.1, 0.15) is 16.5 Å². The molecule has 2 heterocycles. The molecule has 4 rings (SSSR count). The normalized spacial score (nSPS) is 14.1. The first-order chi connectivity index (χ1) is 16.1. The van der Waals surface area contributed by atoms with Crippen molar-refractivity contribution >= 4 is 28.3 Å². The summed E-state index contributed by atoms with van der Waals surface area (Å²) in [6.07, 6.45) is 0. The van der Waals surface area contributed by atoms with E-state index in [-0.39, 0.29) is 18.4 Å². The molecule has 0 unspecified atom stereocenters. The molecule has 0 aliphatic carbocycles. The van der Waals surface area contributed by atoms with Gasteiger partial charge in [-0.25, -0.2) is 0 Å². The Morgan fingerprint density at radius 2 is 1.64 bits per heavy atom. The number of amides is 2. The summed E-state index contributed by atoms with van der Waals surface area (Å²) in [5.41, 5.74) is 1.48. The number of hydrogen-bond donors (Lipinski definition) is 1. The van der Waals surface area contributed by atoms with E-state index in [1.54, 1.807) is 37.3 Å². The second kappa shape index (κ2) is 10.4. The fraction of sp³-hybridized carbons (Fsp3) is 0.304. The first kappa shape index (κ1) is 22.7. The molecule has 1 fully saturated rings. The Morgan fingerprint density at radius 3 is 2.27 bits per heavy atom. The predicted octanol–water partition coefficient (Wildman–Crippen LogP) is 2.62. The number of hydrogen-bond acceptors (Lipinski definition) is 8. The number of piperazine rings is 1. The van der Waals surface area contributed by atoms with Gasteiger partial charge in [-0.05, 0) is 12.1 Å². The number of ether oxygens (including phenoxy) is 2. The molecule has 1 aliphatic heterocycles. The molecule has 2 aromatic carbocycles. The highest BCUT2D eigenvalue weighted by atomic mass is 32.1. The maximum absolute atomic E-state index is 12.9. The number of carbonyl (C=O) groups is 2. The number of aromatic nitrogens is 2. The quantitative estimate of drug-likeness (QED) is 0.571. The van der Waals surface area contributed by atoms with Crippen LogP contribution in [0.15, 0.2) is 48.5 Å². The van der Waals surface area contributed by atoms with E-state index in [0.717, 1.165) is 10.6 Å². The fourth-order valence-electron chi connectivity index (χ4n) is 3.56. The summed E-state index contributed by atoms with van der Waals surface area (Å²) in [5, 5.41) is 12.3. The van der Waals surface area contributed by atoms with Gasteiger partial charge in [0.15, 0.2) is 0 Å². The Morgan fingerprint density at radius 1 is 0.970 bits per heavy atom. The van der Waals surface area contributed by atoms with E-state index in [9.17, 15) is 9.59 Å². The van der Waals surface area contributed by atoms with Crippen LogP contribution in [-0.2, 0) is 4.79 Å². The number of rotatable bonds is 7. The van der Waals surface area contributed by atoms with E-state index in [1.807, 2.05) is 35.2 Å². The van der Waals surface area contributed by atoms with Crippen LogP contribution in [0.25, 0.3) is 10.6 Å². The molecule has 1 aliphatic rings. The van der Waals surface area contributed by atoms with Crippen LogP contribution in [0.5, 0.6) is 11.5 Å². The minimum atomic E-state index is -0.150.